The van der Waals surface area contributed by atoms with Crippen molar-refractivity contribution in [2.24, 2.45) is 10.8 Å². The molecular weight excluding hydrogens is 626 g/mol. The van der Waals surface area contributed by atoms with Crippen LogP contribution in [0.1, 0.15) is 81.1 Å². The number of anilines is 1. The van der Waals surface area contributed by atoms with Gasteiger partial charge in [0.25, 0.3) is 0 Å². The van der Waals surface area contributed by atoms with Gasteiger partial charge in [0, 0.05) is 43.3 Å². The fourth-order valence-corrected chi connectivity index (χ4v) is 8.47. The van der Waals surface area contributed by atoms with Gasteiger partial charge in [-0.15, -0.1) is 0 Å². The molecule has 4 aromatic carbocycles. The van der Waals surface area contributed by atoms with E-state index in [0.717, 1.165) is 47.5 Å². The van der Waals surface area contributed by atoms with Crippen LogP contribution in [0.25, 0.3) is 0 Å². The van der Waals surface area contributed by atoms with Gasteiger partial charge in [-0.3, -0.25) is 4.90 Å². The summed E-state index contributed by atoms with van der Waals surface area (Å²) in [5.74, 6) is 1.46. The molecule has 1 aliphatic carbocycles. The van der Waals surface area contributed by atoms with E-state index in [2.05, 4.69) is 48.4 Å². The molecule has 5 atom stereocenters. The summed E-state index contributed by atoms with van der Waals surface area (Å²) in [5, 5.41) is 15.4. The lowest BCUT2D eigenvalue weighted by Crippen LogP contribution is -2.42. The summed E-state index contributed by atoms with van der Waals surface area (Å²) in [5.41, 5.74) is 5.31. The number of benzene rings is 4. The second-order valence-corrected chi connectivity index (χ2v) is 15.5. The molecule has 2 saturated heterocycles. The smallest absolute Gasteiger partial charge is 0.319 e. The summed E-state index contributed by atoms with van der Waals surface area (Å²) in [6.45, 7) is 9.70. The zero-order valence-electron chi connectivity index (χ0n) is 29.3. The molecule has 3 fully saturated rings. The second kappa shape index (κ2) is 14.6. The SMILES string of the molecule is CC1(C)CC2CC(C)(CN2CC2CC(c3ccc(CO)cc3)OC(c3ccc(CNC(=O)Nc4ccc(Oc5ccccc5)cc4)cc3)O2)C1. The summed E-state index contributed by atoms with van der Waals surface area (Å²) in [6.07, 6.45) is 3.92. The van der Waals surface area contributed by atoms with Crippen molar-refractivity contribution in [3.8, 4) is 11.5 Å². The summed E-state index contributed by atoms with van der Waals surface area (Å²) in [6, 6.07) is 33.3. The third-order valence-corrected chi connectivity index (χ3v) is 10.4. The number of rotatable bonds is 10. The minimum atomic E-state index is -0.510. The van der Waals surface area contributed by atoms with Gasteiger partial charge in [0.05, 0.1) is 18.8 Å². The van der Waals surface area contributed by atoms with Crippen LogP contribution in [-0.4, -0.2) is 41.3 Å². The third-order valence-electron chi connectivity index (χ3n) is 10.4. The molecule has 5 unspecified atom stereocenters. The van der Waals surface area contributed by atoms with Gasteiger partial charge in [-0.1, -0.05) is 87.5 Å². The van der Waals surface area contributed by atoms with Gasteiger partial charge in [-0.2, -0.15) is 0 Å². The molecule has 0 spiro atoms. The second-order valence-electron chi connectivity index (χ2n) is 15.5. The van der Waals surface area contributed by atoms with Crippen molar-refractivity contribution in [3.05, 3.63) is 125 Å². The number of nitrogens with zero attached hydrogens (tertiary/aromatic N) is 1. The summed E-state index contributed by atoms with van der Waals surface area (Å²) in [4.78, 5) is 15.4. The van der Waals surface area contributed by atoms with Gasteiger partial charge in [0.15, 0.2) is 6.29 Å². The van der Waals surface area contributed by atoms with E-state index in [-0.39, 0.29) is 24.8 Å². The predicted molar refractivity (Wildman–Crippen MR) is 195 cm³/mol. The van der Waals surface area contributed by atoms with Gasteiger partial charge in [0.1, 0.15) is 11.5 Å². The molecular formula is C42H49N3O5. The molecule has 3 aliphatic rings. The Labute approximate surface area is 295 Å². The van der Waals surface area contributed by atoms with Crippen LogP contribution in [-0.2, 0) is 22.6 Å². The normalized spacial score (nSPS) is 25.9. The summed E-state index contributed by atoms with van der Waals surface area (Å²) >= 11 is 0. The molecule has 0 radical (unpaired) electrons. The van der Waals surface area contributed by atoms with E-state index in [1.165, 1.54) is 19.3 Å². The highest BCUT2D eigenvalue weighted by molar-refractivity contribution is 5.89. The van der Waals surface area contributed by atoms with Crippen molar-refractivity contribution in [1.29, 1.82) is 0 Å². The minimum Gasteiger partial charge on any atom is -0.457 e. The Kier molecular flexibility index (Phi) is 9.98. The van der Waals surface area contributed by atoms with Crippen LogP contribution in [0.5, 0.6) is 11.5 Å². The number of fused-ring (bicyclic) bond motifs is 2. The Morgan fingerprint density at radius 3 is 2.24 bits per heavy atom. The topological polar surface area (TPSA) is 92.3 Å². The van der Waals surface area contributed by atoms with Crippen molar-refractivity contribution in [3.63, 3.8) is 0 Å². The predicted octanol–water partition coefficient (Wildman–Crippen LogP) is 8.74. The largest absolute Gasteiger partial charge is 0.457 e. The Balaban J connectivity index is 0.972. The van der Waals surface area contributed by atoms with Gasteiger partial charge in [0.2, 0.25) is 0 Å². The number of ether oxygens (including phenoxy) is 3. The highest BCUT2D eigenvalue weighted by Gasteiger charge is 2.50. The van der Waals surface area contributed by atoms with Crippen LogP contribution < -0.4 is 15.4 Å². The van der Waals surface area contributed by atoms with Crippen molar-refractivity contribution >= 4 is 11.7 Å². The highest BCUT2D eigenvalue weighted by atomic mass is 16.7. The molecule has 8 nitrogen and oxygen atoms in total. The maximum Gasteiger partial charge on any atom is 0.319 e. The molecule has 8 heteroatoms. The molecule has 0 aromatic heterocycles. The van der Waals surface area contributed by atoms with Crippen LogP contribution in [0.15, 0.2) is 103 Å². The Morgan fingerprint density at radius 2 is 1.52 bits per heavy atom. The van der Waals surface area contributed by atoms with Crippen molar-refractivity contribution in [1.82, 2.24) is 10.2 Å². The lowest BCUT2D eigenvalue weighted by molar-refractivity contribution is -0.253. The number of urea groups is 1. The molecule has 262 valence electrons. The number of hydrogen-bond donors (Lipinski definition) is 3. The van der Waals surface area contributed by atoms with Crippen molar-refractivity contribution in [2.75, 3.05) is 18.4 Å². The molecule has 7 rings (SSSR count). The number of amides is 2. The van der Waals surface area contributed by atoms with Crippen LogP contribution >= 0.6 is 0 Å². The molecule has 2 amide bonds. The van der Waals surface area contributed by atoms with Crippen LogP contribution in [0.3, 0.4) is 0 Å². The molecule has 2 heterocycles. The summed E-state index contributed by atoms with van der Waals surface area (Å²) in [7, 11) is 0. The Bertz CT molecular complexity index is 1730. The number of carbonyl (C=O) groups excluding carboxylic acids is 1. The van der Waals surface area contributed by atoms with Gasteiger partial charge >= 0.3 is 6.03 Å². The number of para-hydroxylation sites is 1. The van der Waals surface area contributed by atoms with Gasteiger partial charge < -0.3 is 30.0 Å². The van der Waals surface area contributed by atoms with E-state index in [1.807, 2.05) is 91.0 Å². The van der Waals surface area contributed by atoms with E-state index in [1.54, 1.807) is 0 Å². The van der Waals surface area contributed by atoms with Gasteiger partial charge in [-0.05, 0) is 83.2 Å². The van der Waals surface area contributed by atoms with E-state index >= 15 is 0 Å². The van der Waals surface area contributed by atoms with Crippen molar-refractivity contribution < 1.29 is 24.1 Å². The van der Waals surface area contributed by atoms with Crippen LogP contribution in [0.4, 0.5) is 10.5 Å². The number of aliphatic hydroxyl groups is 1. The zero-order chi connectivity index (χ0) is 34.7. The summed E-state index contributed by atoms with van der Waals surface area (Å²) < 4.78 is 19.2. The zero-order valence-corrected chi connectivity index (χ0v) is 29.3. The first-order valence-corrected chi connectivity index (χ1v) is 17.8. The van der Waals surface area contributed by atoms with Crippen molar-refractivity contribution in [2.45, 2.75) is 84.1 Å². The van der Waals surface area contributed by atoms with Crippen LogP contribution in [0, 0.1) is 10.8 Å². The van der Waals surface area contributed by atoms with E-state index in [4.69, 9.17) is 14.2 Å². The molecule has 3 N–H and O–H groups in total. The third kappa shape index (κ3) is 8.38. The lowest BCUT2D eigenvalue weighted by Gasteiger charge is -2.41. The lowest BCUT2D eigenvalue weighted by atomic mass is 9.65. The molecule has 50 heavy (non-hydrogen) atoms. The fraction of sp³-hybridized carbons (Fsp3) is 0.405. The first kappa shape index (κ1) is 34.2. The van der Waals surface area contributed by atoms with E-state index in [0.29, 0.717) is 34.9 Å². The Hall–Kier alpha value is -4.21. The highest BCUT2D eigenvalue weighted by Crippen LogP contribution is 2.53. The maximum absolute atomic E-state index is 12.7. The maximum atomic E-state index is 12.7. The quantitative estimate of drug-likeness (QED) is 0.156. The number of likely N-dealkylation sites (tertiary alicyclic amines) is 1. The first-order valence-electron chi connectivity index (χ1n) is 17.8. The minimum absolute atomic E-state index is 0.0198. The van der Waals surface area contributed by atoms with E-state index in [9.17, 15) is 9.90 Å². The van der Waals surface area contributed by atoms with Gasteiger partial charge in [-0.25, -0.2) is 4.79 Å². The van der Waals surface area contributed by atoms with Crippen LogP contribution in [0.2, 0.25) is 0 Å². The Morgan fingerprint density at radius 1 is 0.840 bits per heavy atom. The molecule has 2 bridgehead atoms. The first-order chi connectivity index (χ1) is 24.1. The molecule has 2 aliphatic heterocycles. The monoisotopic (exact) mass is 675 g/mol. The number of hydrogen-bond acceptors (Lipinski definition) is 6. The molecule has 4 aromatic rings. The average molecular weight is 676 g/mol. The number of carbonyl (C=O) groups is 1. The number of nitrogens with one attached hydrogen (secondary N) is 2. The number of aliphatic hydroxyl groups excluding tert-OH is 1. The fourth-order valence-electron chi connectivity index (χ4n) is 8.47. The standard InChI is InChI=1S/C42H49N3O5/c1-41(2)22-34-23-42(3,27-41)28-45(34)25-37-21-38(31-13-11-30(26-46)12-14-31)50-39(49-37)32-15-9-29(10-16-32)24-43-40(47)44-33-17-19-36(20-18-33)48-35-7-5-4-6-8-35/h4-20,34,37-39,46H,21-28H2,1-3H3,(H2,43,44,47). The van der Waals surface area contributed by atoms with E-state index < -0.39 is 6.29 Å². The average Bonchev–Trinajstić information content (AvgIpc) is 3.35. The molecule has 1 saturated carbocycles.